The lowest BCUT2D eigenvalue weighted by atomic mass is 9.90. The number of hydrogen-bond donors (Lipinski definition) is 2. The Morgan fingerprint density at radius 1 is 1.19 bits per heavy atom. The van der Waals surface area contributed by atoms with Gasteiger partial charge in [-0.25, -0.2) is 0 Å². The van der Waals surface area contributed by atoms with E-state index in [-0.39, 0.29) is 0 Å². The largest absolute Gasteiger partial charge is 0.326 e. The third-order valence-corrected chi connectivity index (χ3v) is 3.58. The van der Waals surface area contributed by atoms with E-state index in [1.165, 1.54) is 31.2 Å². The molecule has 0 unspecified atom stereocenters. The first kappa shape index (κ1) is 11.6. The lowest BCUT2D eigenvalue weighted by Crippen LogP contribution is -2.47. The number of rotatable bonds is 3. The zero-order valence-corrected chi connectivity index (χ0v) is 10.0. The van der Waals surface area contributed by atoms with E-state index in [0.717, 1.165) is 0 Å². The van der Waals surface area contributed by atoms with Crippen molar-refractivity contribution in [3.8, 4) is 0 Å². The maximum atomic E-state index is 6.14. The number of hydrogen-bond acceptors (Lipinski definition) is 2. The molecule has 3 N–H and O–H groups in total. The fraction of sp³-hybridized carbons (Fsp3) is 0.571. The van der Waals surface area contributed by atoms with Crippen LogP contribution in [-0.2, 0) is 0 Å². The van der Waals surface area contributed by atoms with Gasteiger partial charge >= 0.3 is 0 Å². The van der Waals surface area contributed by atoms with Crippen LogP contribution >= 0.6 is 0 Å². The normalized spacial score (nSPS) is 27.6. The molecule has 1 aliphatic carbocycles. The minimum absolute atomic E-state index is 0.333. The molecule has 3 atom stereocenters. The van der Waals surface area contributed by atoms with Gasteiger partial charge in [0.15, 0.2) is 0 Å². The Morgan fingerprint density at radius 2 is 1.88 bits per heavy atom. The maximum Gasteiger partial charge on any atom is 0.0294 e. The smallest absolute Gasteiger partial charge is 0.0294 e. The standard InChI is InChI=1S/C14H22N2/c1-11(12-7-3-2-4-8-12)16-14-10-6-5-9-13(14)15/h2-4,7-8,11,13-14,16H,5-6,9-10,15H2,1H3/t11-,13-,14+/m0/s1. The lowest BCUT2D eigenvalue weighted by molar-refractivity contribution is 0.307. The third kappa shape index (κ3) is 2.83. The topological polar surface area (TPSA) is 38.0 Å². The van der Waals surface area contributed by atoms with Crippen molar-refractivity contribution >= 4 is 0 Å². The summed E-state index contributed by atoms with van der Waals surface area (Å²) in [6.07, 6.45) is 4.99. The highest BCUT2D eigenvalue weighted by Gasteiger charge is 2.22. The van der Waals surface area contributed by atoms with E-state index >= 15 is 0 Å². The van der Waals surface area contributed by atoms with Gasteiger partial charge in [-0.3, -0.25) is 0 Å². The first-order valence-corrected chi connectivity index (χ1v) is 6.34. The van der Waals surface area contributed by atoms with Gasteiger partial charge in [-0.2, -0.15) is 0 Å². The van der Waals surface area contributed by atoms with Gasteiger partial charge in [0, 0.05) is 18.1 Å². The van der Waals surface area contributed by atoms with E-state index < -0.39 is 0 Å². The second-order valence-corrected chi connectivity index (χ2v) is 4.85. The molecule has 0 aliphatic heterocycles. The summed E-state index contributed by atoms with van der Waals surface area (Å²) in [5, 5.41) is 3.66. The average Bonchev–Trinajstić information content (AvgIpc) is 2.33. The van der Waals surface area contributed by atoms with Crippen LogP contribution in [0.3, 0.4) is 0 Å². The SMILES string of the molecule is C[C@H](N[C@@H]1CCCC[C@@H]1N)c1ccccc1. The Morgan fingerprint density at radius 3 is 2.56 bits per heavy atom. The number of nitrogens with one attached hydrogen (secondary N) is 1. The third-order valence-electron chi connectivity index (χ3n) is 3.58. The highest BCUT2D eigenvalue weighted by Crippen LogP contribution is 2.20. The van der Waals surface area contributed by atoms with Gasteiger partial charge in [-0.1, -0.05) is 43.2 Å². The molecule has 2 rings (SSSR count). The fourth-order valence-electron chi connectivity index (χ4n) is 2.53. The van der Waals surface area contributed by atoms with Gasteiger partial charge in [0.1, 0.15) is 0 Å². The van der Waals surface area contributed by atoms with Crippen molar-refractivity contribution in [2.75, 3.05) is 0 Å². The highest BCUT2D eigenvalue weighted by molar-refractivity contribution is 5.18. The maximum absolute atomic E-state index is 6.14. The fourth-order valence-corrected chi connectivity index (χ4v) is 2.53. The Kier molecular flexibility index (Phi) is 3.97. The van der Waals surface area contributed by atoms with E-state index in [4.69, 9.17) is 5.73 Å². The summed E-state index contributed by atoms with van der Waals surface area (Å²) < 4.78 is 0. The molecule has 16 heavy (non-hydrogen) atoms. The molecule has 2 heteroatoms. The summed E-state index contributed by atoms with van der Waals surface area (Å²) in [5.74, 6) is 0. The van der Waals surface area contributed by atoms with Crippen molar-refractivity contribution in [2.45, 2.75) is 50.7 Å². The molecule has 1 aromatic rings. The Labute approximate surface area is 98.2 Å². The molecular weight excluding hydrogens is 196 g/mol. The van der Waals surface area contributed by atoms with E-state index in [1.807, 2.05) is 0 Å². The predicted octanol–water partition coefficient (Wildman–Crippen LogP) is 2.61. The average molecular weight is 218 g/mol. The molecule has 0 heterocycles. The van der Waals surface area contributed by atoms with Crippen molar-refractivity contribution in [3.05, 3.63) is 35.9 Å². The van der Waals surface area contributed by atoms with Gasteiger partial charge in [0.25, 0.3) is 0 Å². The molecule has 0 aromatic heterocycles. The van der Waals surface area contributed by atoms with Gasteiger partial charge in [0.05, 0.1) is 0 Å². The summed E-state index contributed by atoms with van der Waals surface area (Å²) in [6, 6.07) is 11.8. The van der Waals surface area contributed by atoms with E-state index in [2.05, 4.69) is 42.6 Å². The van der Waals surface area contributed by atoms with E-state index in [1.54, 1.807) is 0 Å². The van der Waals surface area contributed by atoms with E-state index in [0.29, 0.717) is 18.1 Å². The molecule has 1 aliphatic rings. The Balaban J connectivity index is 1.94. The second-order valence-electron chi connectivity index (χ2n) is 4.85. The molecular formula is C14H22N2. The molecule has 2 nitrogen and oxygen atoms in total. The van der Waals surface area contributed by atoms with Crippen LogP contribution in [0.15, 0.2) is 30.3 Å². The van der Waals surface area contributed by atoms with Crippen molar-refractivity contribution in [1.82, 2.24) is 5.32 Å². The summed E-state index contributed by atoms with van der Waals surface area (Å²) in [4.78, 5) is 0. The van der Waals surface area contributed by atoms with Crippen LogP contribution in [0.1, 0.15) is 44.2 Å². The predicted molar refractivity (Wildman–Crippen MR) is 68.2 cm³/mol. The molecule has 1 aromatic carbocycles. The summed E-state index contributed by atoms with van der Waals surface area (Å²) in [5.41, 5.74) is 7.49. The van der Waals surface area contributed by atoms with Crippen molar-refractivity contribution in [3.63, 3.8) is 0 Å². The molecule has 0 amide bonds. The van der Waals surface area contributed by atoms with Gasteiger partial charge < -0.3 is 11.1 Å². The zero-order valence-electron chi connectivity index (χ0n) is 10.0. The zero-order chi connectivity index (χ0) is 11.4. The number of benzene rings is 1. The highest BCUT2D eigenvalue weighted by atomic mass is 15.0. The van der Waals surface area contributed by atoms with Gasteiger partial charge in [0.2, 0.25) is 0 Å². The number of nitrogens with two attached hydrogens (primary N) is 1. The summed E-state index contributed by atoms with van der Waals surface area (Å²) >= 11 is 0. The van der Waals surface area contributed by atoms with Crippen LogP contribution in [0.4, 0.5) is 0 Å². The molecule has 0 radical (unpaired) electrons. The summed E-state index contributed by atoms with van der Waals surface area (Å²) in [6.45, 7) is 2.22. The first-order chi connectivity index (χ1) is 7.77. The van der Waals surface area contributed by atoms with Crippen LogP contribution in [0.5, 0.6) is 0 Å². The van der Waals surface area contributed by atoms with Crippen LogP contribution in [0.25, 0.3) is 0 Å². The van der Waals surface area contributed by atoms with Crippen molar-refractivity contribution in [1.29, 1.82) is 0 Å². The summed E-state index contributed by atoms with van der Waals surface area (Å²) in [7, 11) is 0. The molecule has 88 valence electrons. The minimum Gasteiger partial charge on any atom is -0.326 e. The second kappa shape index (κ2) is 5.46. The molecule has 1 saturated carbocycles. The van der Waals surface area contributed by atoms with Gasteiger partial charge in [-0.05, 0) is 25.3 Å². The molecule has 0 saturated heterocycles. The van der Waals surface area contributed by atoms with Crippen LogP contribution in [-0.4, -0.2) is 12.1 Å². The van der Waals surface area contributed by atoms with Gasteiger partial charge in [-0.15, -0.1) is 0 Å². The monoisotopic (exact) mass is 218 g/mol. The van der Waals surface area contributed by atoms with Crippen molar-refractivity contribution in [2.24, 2.45) is 5.73 Å². The Bertz CT molecular complexity index is 310. The lowest BCUT2D eigenvalue weighted by Gasteiger charge is -2.32. The van der Waals surface area contributed by atoms with E-state index in [9.17, 15) is 0 Å². The molecule has 0 spiro atoms. The van der Waals surface area contributed by atoms with Crippen molar-refractivity contribution < 1.29 is 0 Å². The van der Waals surface area contributed by atoms with Crippen LogP contribution < -0.4 is 11.1 Å². The Hall–Kier alpha value is -0.860. The molecule has 1 fully saturated rings. The quantitative estimate of drug-likeness (QED) is 0.818. The van der Waals surface area contributed by atoms with Crippen LogP contribution in [0.2, 0.25) is 0 Å². The van der Waals surface area contributed by atoms with Crippen LogP contribution in [0, 0.1) is 0 Å². The molecule has 0 bridgehead atoms. The first-order valence-electron chi connectivity index (χ1n) is 6.34. The minimum atomic E-state index is 0.333.